The molecule has 0 N–H and O–H groups in total. The lowest BCUT2D eigenvalue weighted by Crippen LogP contribution is -3.00. The Labute approximate surface area is 235 Å². The number of thioether (sulfide) groups is 1. The van der Waals surface area contributed by atoms with E-state index in [1.165, 1.54) is 21.5 Å². The zero-order chi connectivity index (χ0) is 24.1. The minimum Gasteiger partial charge on any atom is -1.00 e. The smallest absolute Gasteiger partial charge is 0.251 e. The Bertz CT molecular complexity index is 1280. The Morgan fingerprint density at radius 1 is 0.694 bits per heavy atom. The molecule has 2 nitrogen and oxygen atoms in total. The number of benzene rings is 4. The SMILES string of the molecule is CCCSc1oc(-c2ccc(C)cc2)nc1[P+](c1ccccc1)(c1ccccc1)c1ccccc1.[I-]. The summed E-state index contributed by atoms with van der Waals surface area (Å²) in [6.45, 7) is 4.31. The van der Waals surface area contributed by atoms with Crippen molar-refractivity contribution >= 4 is 40.4 Å². The summed E-state index contributed by atoms with van der Waals surface area (Å²) >= 11 is 1.78. The molecule has 0 radical (unpaired) electrons. The molecule has 0 atom stereocenters. The highest BCUT2D eigenvalue weighted by molar-refractivity contribution is 8.04. The van der Waals surface area contributed by atoms with Crippen LogP contribution in [-0.2, 0) is 0 Å². The molecular weight excluding hydrogens is 592 g/mol. The second kappa shape index (κ2) is 12.2. The summed E-state index contributed by atoms with van der Waals surface area (Å²) in [5.41, 5.74) is 3.28. The van der Waals surface area contributed by atoms with Gasteiger partial charge in [0.05, 0.1) is 0 Å². The van der Waals surface area contributed by atoms with E-state index in [-0.39, 0.29) is 24.0 Å². The van der Waals surface area contributed by atoms with Crippen LogP contribution in [0.3, 0.4) is 0 Å². The van der Waals surface area contributed by atoms with Gasteiger partial charge in [0, 0.05) is 11.3 Å². The van der Waals surface area contributed by atoms with Gasteiger partial charge in [0.2, 0.25) is 11.0 Å². The number of hydrogen-bond donors (Lipinski definition) is 0. The molecule has 0 spiro atoms. The minimum absolute atomic E-state index is 0. The van der Waals surface area contributed by atoms with Gasteiger partial charge in [-0.3, -0.25) is 0 Å². The summed E-state index contributed by atoms with van der Waals surface area (Å²) in [7, 11) is -2.32. The summed E-state index contributed by atoms with van der Waals surface area (Å²) in [5, 5.41) is 4.76. The molecule has 1 heterocycles. The first-order chi connectivity index (χ1) is 17.2. The molecule has 182 valence electrons. The van der Waals surface area contributed by atoms with Crippen LogP contribution < -0.4 is 45.3 Å². The minimum atomic E-state index is -2.32. The third kappa shape index (κ3) is 5.18. The molecule has 1 aromatic heterocycles. The Morgan fingerprint density at radius 3 is 1.61 bits per heavy atom. The summed E-state index contributed by atoms with van der Waals surface area (Å²) in [6.07, 6.45) is 1.07. The van der Waals surface area contributed by atoms with Gasteiger partial charge in [-0.15, -0.1) is 0 Å². The maximum Gasteiger partial charge on any atom is 0.251 e. The number of aromatic nitrogens is 1. The maximum absolute atomic E-state index is 6.59. The lowest BCUT2D eigenvalue weighted by Gasteiger charge is -2.25. The Balaban J connectivity index is 0.00000304. The Morgan fingerprint density at radius 2 is 1.17 bits per heavy atom. The van der Waals surface area contributed by atoms with Gasteiger partial charge >= 0.3 is 0 Å². The van der Waals surface area contributed by atoms with Crippen LogP contribution in [0.2, 0.25) is 0 Å². The fourth-order valence-electron chi connectivity index (χ4n) is 4.39. The maximum atomic E-state index is 6.59. The molecule has 0 saturated carbocycles. The predicted octanol–water partition coefficient (Wildman–Crippen LogP) is 3.78. The van der Waals surface area contributed by atoms with E-state index in [9.17, 15) is 0 Å². The van der Waals surface area contributed by atoms with Crippen molar-refractivity contribution in [3.63, 3.8) is 0 Å². The first kappa shape index (κ1) is 26.7. The highest BCUT2D eigenvalue weighted by Gasteiger charge is 2.52. The zero-order valence-electron chi connectivity index (χ0n) is 20.5. The molecule has 0 aliphatic rings. The van der Waals surface area contributed by atoms with Crippen molar-refractivity contribution in [3.8, 4) is 11.5 Å². The van der Waals surface area contributed by atoms with Gasteiger partial charge in [0.25, 0.3) is 5.44 Å². The van der Waals surface area contributed by atoms with Crippen LogP contribution in [0.4, 0.5) is 0 Å². The van der Waals surface area contributed by atoms with Crippen LogP contribution in [0.15, 0.2) is 125 Å². The molecule has 0 amide bonds. The van der Waals surface area contributed by atoms with Crippen LogP contribution in [0.25, 0.3) is 11.5 Å². The van der Waals surface area contributed by atoms with Crippen LogP contribution >= 0.6 is 19.0 Å². The van der Waals surface area contributed by atoms with E-state index >= 15 is 0 Å². The lowest BCUT2D eigenvalue weighted by atomic mass is 10.1. The second-order valence-electron chi connectivity index (χ2n) is 8.52. The molecule has 0 bridgehead atoms. The number of aryl methyl sites for hydroxylation is 1. The van der Waals surface area contributed by atoms with E-state index in [1.807, 2.05) is 0 Å². The van der Waals surface area contributed by atoms with Crippen molar-refractivity contribution in [2.24, 2.45) is 0 Å². The predicted molar refractivity (Wildman–Crippen MR) is 152 cm³/mol. The first-order valence-corrected chi connectivity index (χ1v) is 14.8. The highest BCUT2D eigenvalue weighted by atomic mass is 127. The molecule has 0 aliphatic heterocycles. The highest BCUT2D eigenvalue weighted by Crippen LogP contribution is 2.56. The van der Waals surface area contributed by atoms with Crippen molar-refractivity contribution in [3.05, 3.63) is 121 Å². The van der Waals surface area contributed by atoms with Gasteiger partial charge in [0.15, 0.2) is 7.26 Å². The topological polar surface area (TPSA) is 26.0 Å². The molecule has 5 rings (SSSR count). The number of rotatable bonds is 8. The van der Waals surface area contributed by atoms with Gasteiger partial charge in [-0.05, 0) is 61.9 Å². The van der Waals surface area contributed by atoms with Gasteiger partial charge in [-0.1, -0.05) is 91.0 Å². The number of halogens is 1. The molecule has 36 heavy (non-hydrogen) atoms. The second-order valence-corrected chi connectivity index (χ2v) is 12.9. The molecule has 4 aromatic carbocycles. The molecule has 0 fully saturated rings. The van der Waals surface area contributed by atoms with Crippen molar-refractivity contribution in [2.45, 2.75) is 25.4 Å². The van der Waals surface area contributed by atoms with E-state index in [0.717, 1.165) is 28.3 Å². The first-order valence-electron chi connectivity index (χ1n) is 12.0. The van der Waals surface area contributed by atoms with Crippen molar-refractivity contribution in [2.75, 3.05) is 5.75 Å². The van der Waals surface area contributed by atoms with Crippen molar-refractivity contribution < 1.29 is 28.4 Å². The summed E-state index contributed by atoms with van der Waals surface area (Å²) in [4.78, 5) is 5.33. The van der Waals surface area contributed by atoms with Gasteiger partial charge in [-0.2, -0.15) is 4.98 Å². The van der Waals surface area contributed by atoms with E-state index in [2.05, 4.69) is 129 Å². The van der Waals surface area contributed by atoms with E-state index in [0.29, 0.717) is 5.89 Å². The van der Waals surface area contributed by atoms with Crippen molar-refractivity contribution in [1.29, 1.82) is 0 Å². The number of hydrogen-bond acceptors (Lipinski definition) is 3. The molecule has 5 heteroatoms. The third-order valence-electron chi connectivity index (χ3n) is 6.06. The monoisotopic (exact) mass is 621 g/mol. The zero-order valence-corrected chi connectivity index (χ0v) is 24.3. The van der Waals surface area contributed by atoms with E-state index in [4.69, 9.17) is 9.40 Å². The number of oxazole rings is 1. The van der Waals surface area contributed by atoms with Crippen LogP contribution in [0.1, 0.15) is 18.9 Å². The van der Waals surface area contributed by atoms with Crippen molar-refractivity contribution in [1.82, 2.24) is 4.98 Å². The van der Waals surface area contributed by atoms with E-state index < -0.39 is 7.26 Å². The van der Waals surface area contributed by atoms with Gasteiger partial charge < -0.3 is 28.4 Å². The van der Waals surface area contributed by atoms with Crippen LogP contribution in [0.5, 0.6) is 0 Å². The summed E-state index contributed by atoms with van der Waals surface area (Å²) in [6, 6.07) is 41.0. The summed E-state index contributed by atoms with van der Waals surface area (Å²) < 4.78 is 6.59. The van der Waals surface area contributed by atoms with Crippen LogP contribution in [0, 0.1) is 6.92 Å². The average Bonchev–Trinajstić information content (AvgIpc) is 3.34. The normalized spacial score (nSPS) is 11.2. The molecular formula is C31H29INOPS. The Kier molecular flexibility index (Phi) is 9.05. The number of nitrogens with zero attached hydrogens (tertiary/aromatic N) is 1. The van der Waals surface area contributed by atoms with E-state index in [1.54, 1.807) is 11.8 Å². The van der Waals surface area contributed by atoms with Gasteiger partial charge in [-0.25, -0.2) is 0 Å². The summed E-state index contributed by atoms with van der Waals surface area (Å²) in [5.74, 6) is 1.67. The van der Waals surface area contributed by atoms with Crippen LogP contribution in [-0.4, -0.2) is 10.7 Å². The fourth-order valence-corrected chi connectivity index (χ4v) is 9.74. The molecule has 0 aliphatic carbocycles. The standard InChI is InChI=1S/C31H29NOPS.HI/c1-3-23-35-31-30(32-29(33-31)25-21-19-24(2)20-22-25)34(26-13-7-4-8-14-26,27-15-9-5-10-16-27)28-17-11-6-12-18-28;/h4-22H,3,23H2,1-2H3;1H/q+1;/p-1. The fraction of sp³-hybridized carbons (Fsp3) is 0.129. The Hall–Kier alpha value is -2.40. The average molecular weight is 622 g/mol. The molecule has 0 saturated heterocycles. The molecule has 5 aromatic rings. The quantitative estimate of drug-likeness (QED) is 0.150. The lowest BCUT2D eigenvalue weighted by molar-refractivity contribution is -0.00000737. The third-order valence-corrected chi connectivity index (χ3v) is 11.5. The molecule has 0 unspecified atom stereocenters. The van der Waals surface area contributed by atoms with Gasteiger partial charge in [0.1, 0.15) is 15.9 Å². The largest absolute Gasteiger partial charge is 1.00 e.